The van der Waals surface area contributed by atoms with Gasteiger partial charge in [-0.1, -0.05) is 24.3 Å². The lowest BCUT2D eigenvalue weighted by Crippen LogP contribution is -2.45. The van der Waals surface area contributed by atoms with Crippen molar-refractivity contribution < 1.29 is 4.79 Å². The molecule has 1 aromatic heterocycles. The molecule has 1 aliphatic heterocycles. The van der Waals surface area contributed by atoms with E-state index in [1.807, 2.05) is 30.3 Å². The smallest absolute Gasteiger partial charge is 0.270 e. The molecule has 0 radical (unpaired) electrons. The SMILES string of the molecule is Cl.Cl.O=C(N[C@@H]1CCCNC1)c1ccc2ccccc2n1. The van der Waals surface area contributed by atoms with Crippen LogP contribution < -0.4 is 10.6 Å². The molecule has 6 heteroatoms. The summed E-state index contributed by atoms with van der Waals surface area (Å²) in [5.74, 6) is -0.0838. The van der Waals surface area contributed by atoms with Crippen molar-refractivity contribution in [2.75, 3.05) is 13.1 Å². The Bertz CT molecular complexity index is 600. The highest BCUT2D eigenvalue weighted by Crippen LogP contribution is 2.12. The minimum Gasteiger partial charge on any atom is -0.347 e. The molecular weight excluding hydrogens is 309 g/mol. The van der Waals surface area contributed by atoms with Gasteiger partial charge in [-0.05, 0) is 31.5 Å². The molecular formula is C15H19Cl2N3O. The van der Waals surface area contributed by atoms with Gasteiger partial charge in [0.25, 0.3) is 5.91 Å². The lowest BCUT2D eigenvalue weighted by Gasteiger charge is -2.23. The van der Waals surface area contributed by atoms with Gasteiger partial charge in [-0.25, -0.2) is 4.98 Å². The molecule has 4 nitrogen and oxygen atoms in total. The summed E-state index contributed by atoms with van der Waals surface area (Å²) >= 11 is 0. The summed E-state index contributed by atoms with van der Waals surface area (Å²) in [6.07, 6.45) is 2.14. The number of amides is 1. The van der Waals surface area contributed by atoms with E-state index in [-0.39, 0.29) is 36.8 Å². The molecule has 0 aliphatic carbocycles. The van der Waals surface area contributed by atoms with Gasteiger partial charge in [-0.15, -0.1) is 24.8 Å². The first kappa shape index (κ1) is 17.7. The number of hydrogen-bond acceptors (Lipinski definition) is 3. The molecule has 2 N–H and O–H groups in total. The molecule has 2 heterocycles. The van der Waals surface area contributed by atoms with Crippen LogP contribution >= 0.6 is 24.8 Å². The number of carbonyl (C=O) groups is 1. The summed E-state index contributed by atoms with van der Waals surface area (Å²) in [6, 6.07) is 11.8. The maximum Gasteiger partial charge on any atom is 0.270 e. The third-order valence-electron chi connectivity index (χ3n) is 3.46. The van der Waals surface area contributed by atoms with Crippen LogP contribution in [0.5, 0.6) is 0 Å². The number of nitrogens with zero attached hydrogens (tertiary/aromatic N) is 1. The zero-order chi connectivity index (χ0) is 13.1. The van der Waals surface area contributed by atoms with Gasteiger partial charge >= 0.3 is 0 Å². The second-order valence-electron chi connectivity index (χ2n) is 4.91. The number of rotatable bonds is 2. The Morgan fingerprint density at radius 2 is 2.00 bits per heavy atom. The number of benzene rings is 1. The predicted octanol–water partition coefficient (Wildman–Crippen LogP) is 2.56. The zero-order valence-electron chi connectivity index (χ0n) is 11.5. The molecule has 1 aliphatic rings. The number of hydrogen-bond donors (Lipinski definition) is 2. The second-order valence-corrected chi connectivity index (χ2v) is 4.91. The molecule has 114 valence electrons. The number of para-hydroxylation sites is 1. The van der Waals surface area contributed by atoms with Gasteiger partial charge in [0.2, 0.25) is 0 Å². The number of fused-ring (bicyclic) bond motifs is 1. The summed E-state index contributed by atoms with van der Waals surface area (Å²) in [5, 5.41) is 7.38. The molecule has 1 saturated heterocycles. The number of aromatic nitrogens is 1. The Morgan fingerprint density at radius 3 is 2.76 bits per heavy atom. The van der Waals surface area contributed by atoms with E-state index >= 15 is 0 Å². The summed E-state index contributed by atoms with van der Waals surface area (Å²) in [5.41, 5.74) is 1.35. The van der Waals surface area contributed by atoms with Crippen LogP contribution in [0.2, 0.25) is 0 Å². The van der Waals surface area contributed by atoms with Crippen molar-refractivity contribution in [2.45, 2.75) is 18.9 Å². The minimum absolute atomic E-state index is 0. The average molecular weight is 328 g/mol. The van der Waals surface area contributed by atoms with Crippen LogP contribution in [0.25, 0.3) is 10.9 Å². The highest BCUT2D eigenvalue weighted by molar-refractivity contribution is 5.95. The first-order chi connectivity index (χ1) is 9.33. The van der Waals surface area contributed by atoms with Crippen molar-refractivity contribution in [2.24, 2.45) is 0 Å². The Balaban J connectivity index is 0.00000110. The van der Waals surface area contributed by atoms with E-state index in [0.717, 1.165) is 36.8 Å². The van der Waals surface area contributed by atoms with E-state index in [0.29, 0.717) is 5.69 Å². The maximum absolute atomic E-state index is 12.2. The molecule has 0 bridgehead atoms. The normalized spacial score (nSPS) is 17.4. The van der Waals surface area contributed by atoms with Crippen LogP contribution in [-0.2, 0) is 0 Å². The fourth-order valence-electron chi connectivity index (χ4n) is 2.43. The highest BCUT2D eigenvalue weighted by atomic mass is 35.5. The van der Waals surface area contributed by atoms with Gasteiger partial charge in [0, 0.05) is 18.0 Å². The van der Waals surface area contributed by atoms with E-state index in [1.54, 1.807) is 6.07 Å². The maximum atomic E-state index is 12.2. The largest absolute Gasteiger partial charge is 0.347 e. The van der Waals surface area contributed by atoms with Gasteiger partial charge < -0.3 is 10.6 Å². The number of carbonyl (C=O) groups excluding carboxylic acids is 1. The Kier molecular flexibility index (Phi) is 6.89. The number of pyridine rings is 1. The third-order valence-corrected chi connectivity index (χ3v) is 3.46. The first-order valence-electron chi connectivity index (χ1n) is 6.70. The molecule has 21 heavy (non-hydrogen) atoms. The van der Waals surface area contributed by atoms with Gasteiger partial charge in [0.15, 0.2) is 0 Å². The van der Waals surface area contributed by atoms with E-state index < -0.39 is 0 Å². The van der Waals surface area contributed by atoms with Gasteiger partial charge in [0.05, 0.1) is 5.52 Å². The molecule has 0 unspecified atom stereocenters. The van der Waals surface area contributed by atoms with Crippen LogP contribution in [0.1, 0.15) is 23.3 Å². The minimum atomic E-state index is -0.0838. The molecule has 2 aromatic rings. The van der Waals surface area contributed by atoms with Gasteiger partial charge in [-0.2, -0.15) is 0 Å². The van der Waals surface area contributed by atoms with E-state index in [9.17, 15) is 4.79 Å². The van der Waals surface area contributed by atoms with Crippen LogP contribution in [-0.4, -0.2) is 30.0 Å². The van der Waals surface area contributed by atoms with Crippen LogP contribution in [0.4, 0.5) is 0 Å². The van der Waals surface area contributed by atoms with Crippen molar-refractivity contribution in [3.63, 3.8) is 0 Å². The van der Waals surface area contributed by atoms with Crippen molar-refractivity contribution >= 4 is 41.6 Å². The van der Waals surface area contributed by atoms with Crippen LogP contribution in [0.15, 0.2) is 36.4 Å². The Morgan fingerprint density at radius 1 is 1.19 bits per heavy atom. The monoisotopic (exact) mass is 327 g/mol. The van der Waals surface area contributed by atoms with Crippen LogP contribution in [0.3, 0.4) is 0 Å². The molecule has 0 saturated carbocycles. The fourth-order valence-corrected chi connectivity index (χ4v) is 2.43. The number of halogens is 2. The van der Waals surface area contributed by atoms with Crippen molar-refractivity contribution in [1.82, 2.24) is 15.6 Å². The number of nitrogens with one attached hydrogen (secondary N) is 2. The summed E-state index contributed by atoms with van der Waals surface area (Å²) < 4.78 is 0. The summed E-state index contributed by atoms with van der Waals surface area (Å²) in [7, 11) is 0. The summed E-state index contributed by atoms with van der Waals surface area (Å²) in [6.45, 7) is 1.89. The van der Waals surface area contributed by atoms with Gasteiger partial charge in [-0.3, -0.25) is 4.79 Å². The van der Waals surface area contributed by atoms with Gasteiger partial charge in [0.1, 0.15) is 5.69 Å². The zero-order valence-corrected chi connectivity index (χ0v) is 13.2. The van der Waals surface area contributed by atoms with E-state index in [4.69, 9.17) is 0 Å². The number of piperidine rings is 1. The molecule has 1 aromatic carbocycles. The Hall–Kier alpha value is -1.36. The fraction of sp³-hybridized carbons (Fsp3) is 0.333. The second kappa shape index (κ2) is 8.17. The van der Waals surface area contributed by atoms with Crippen molar-refractivity contribution in [3.8, 4) is 0 Å². The predicted molar refractivity (Wildman–Crippen MR) is 89.6 cm³/mol. The molecule has 1 amide bonds. The van der Waals surface area contributed by atoms with E-state index in [2.05, 4.69) is 15.6 Å². The van der Waals surface area contributed by atoms with Crippen LogP contribution in [0, 0.1) is 0 Å². The third kappa shape index (κ3) is 4.30. The van der Waals surface area contributed by atoms with Crippen molar-refractivity contribution in [3.05, 3.63) is 42.1 Å². The summed E-state index contributed by atoms with van der Waals surface area (Å²) in [4.78, 5) is 16.6. The lowest BCUT2D eigenvalue weighted by atomic mass is 10.1. The first-order valence-corrected chi connectivity index (χ1v) is 6.70. The molecule has 0 spiro atoms. The van der Waals surface area contributed by atoms with Crippen molar-refractivity contribution in [1.29, 1.82) is 0 Å². The average Bonchev–Trinajstić information content (AvgIpc) is 2.48. The standard InChI is InChI=1S/C15H17N3O.2ClH/c19-15(17-12-5-3-9-16-10-12)14-8-7-11-4-1-2-6-13(11)18-14;;/h1-2,4,6-8,12,16H,3,5,9-10H2,(H,17,19);2*1H/t12-;;/m1../s1. The topological polar surface area (TPSA) is 54.0 Å². The van der Waals surface area contributed by atoms with E-state index in [1.165, 1.54) is 0 Å². The Labute approximate surface area is 136 Å². The molecule has 1 fully saturated rings. The highest BCUT2D eigenvalue weighted by Gasteiger charge is 2.17. The molecule has 1 atom stereocenters. The quantitative estimate of drug-likeness (QED) is 0.891. The lowest BCUT2D eigenvalue weighted by molar-refractivity contribution is 0.0926. The molecule has 3 rings (SSSR count).